The standard InChI is InChI=1S/C11H22N2O3/c1-8(2)16-7-9(14)6-13-10-4-3-5-12-11(10)15/h8-10,13-14H,3-7H2,1-2H3,(H,12,15). The summed E-state index contributed by atoms with van der Waals surface area (Å²) in [6.45, 7) is 5.31. The van der Waals surface area contributed by atoms with Gasteiger partial charge in [0.05, 0.1) is 24.9 Å². The Labute approximate surface area is 96.6 Å². The van der Waals surface area contributed by atoms with Crippen molar-refractivity contribution < 1.29 is 14.6 Å². The highest BCUT2D eigenvalue weighted by atomic mass is 16.5. The van der Waals surface area contributed by atoms with Crippen LogP contribution in [-0.2, 0) is 9.53 Å². The van der Waals surface area contributed by atoms with Crippen LogP contribution in [0.15, 0.2) is 0 Å². The molecule has 1 amide bonds. The van der Waals surface area contributed by atoms with Crippen LogP contribution in [-0.4, -0.2) is 49.0 Å². The van der Waals surface area contributed by atoms with E-state index in [1.165, 1.54) is 0 Å². The summed E-state index contributed by atoms with van der Waals surface area (Å²) in [6.07, 6.45) is 1.38. The maximum absolute atomic E-state index is 11.4. The van der Waals surface area contributed by atoms with Crippen molar-refractivity contribution in [3.05, 3.63) is 0 Å². The van der Waals surface area contributed by atoms with E-state index in [1.807, 2.05) is 13.8 Å². The molecule has 1 saturated heterocycles. The van der Waals surface area contributed by atoms with Crippen LogP contribution in [0, 0.1) is 0 Å². The van der Waals surface area contributed by atoms with Crippen LogP contribution in [0.5, 0.6) is 0 Å². The molecule has 5 nitrogen and oxygen atoms in total. The maximum Gasteiger partial charge on any atom is 0.237 e. The van der Waals surface area contributed by atoms with Crippen molar-refractivity contribution >= 4 is 5.91 Å². The van der Waals surface area contributed by atoms with Crippen molar-refractivity contribution in [3.63, 3.8) is 0 Å². The lowest BCUT2D eigenvalue weighted by atomic mass is 10.1. The van der Waals surface area contributed by atoms with E-state index in [1.54, 1.807) is 0 Å². The third kappa shape index (κ3) is 4.92. The number of carbonyl (C=O) groups is 1. The minimum absolute atomic E-state index is 0.0308. The predicted molar refractivity (Wildman–Crippen MR) is 61.1 cm³/mol. The molecule has 1 aliphatic heterocycles. The number of aliphatic hydroxyl groups excluding tert-OH is 1. The molecule has 2 unspecified atom stereocenters. The Kier molecular flexibility index (Phi) is 5.73. The molecule has 1 rings (SSSR count). The van der Waals surface area contributed by atoms with Crippen molar-refractivity contribution in [3.8, 4) is 0 Å². The zero-order chi connectivity index (χ0) is 12.0. The zero-order valence-electron chi connectivity index (χ0n) is 10.0. The molecule has 1 aliphatic rings. The number of hydrogen-bond acceptors (Lipinski definition) is 4. The molecule has 5 heteroatoms. The number of amides is 1. The van der Waals surface area contributed by atoms with E-state index in [9.17, 15) is 9.90 Å². The lowest BCUT2D eigenvalue weighted by Gasteiger charge is -2.24. The highest BCUT2D eigenvalue weighted by molar-refractivity contribution is 5.82. The second-order valence-corrected chi connectivity index (χ2v) is 4.43. The fourth-order valence-corrected chi connectivity index (χ4v) is 1.61. The van der Waals surface area contributed by atoms with E-state index >= 15 is 0 Å². The number of hydrogen-bond donors (Lipinski definition) is 3. The highest BCUT2D eigenvalue weighted by Gasteiger charge is 2.21. The summed E-state index contributed by atoms with van der Waals surface area (Å²) in [6, 6.07) is -0.164. The SMILES string of the molecule is CC(C)OCC(O)CNC1CCCNC1=O. The van der Waals surface area contributed by atoms with Crippen molar-refractivity contribution in [2.24, 2.45) is 0 Å². The van der Waals surface area contributed by atoms with Gasteiger partial charge in [0.2, 0.25) is 5.91 Å². The van der Waals surface area contributed by atoms with Crippen LogP contribution in [0.4, 0.5) is 0 Å². The van der Waals surface area contributed by atoms with Gasteiger partial charge in [-0.3, -0.25) is 4.79 Å². The van der Waals surface area contributed by atoms with Gasteiger partial charge in [0.1, 0.15) is 0 Å². The van der Waals surface area contributed by atoms with Crippen LogP contribution in [0.3, 0.4) is 0 Å². The van der Waals surface area contributed by atoms with Gasteiger partial charge in [-0.2, -0.15) is 0 Å². The number of nitrogens with one attached hydrogen (secondary N) is 2. The van der Waals surface area contributed by atoms with Gasteiger partial charge in [-0.05, 0) is 26.7 Å². The molecule has 16 heavy (non-hydrogen) atoms. The fraction of sp³-hybridized carbons (Fsp3) is 0.909. The largest absolute Gasteiger partial charge is 0.389 e. The maximum atomic E-state index is 11.4. The van der Waals surface area contributed by atoms with Gasteiger partial charge < -0.3 is 20.5 Å². The van der Waals surface area contributed by atoms with Crippen molar-refractivity contribution in [1.82, 2.24) is 10.6 Å². The number of ether oxygens (including phenoxy) is 1. The molecular weight excluding hydrogens is 208 g/mol. The first-order chi connectivity index (χ1) is 7.59. The van der Waals surface area contributed by atoms with E-state index < -0.39 is 6.10 Å². The molecule has 94 valence electrons. The lowest BCUT2D eigenvalue weighted by Crippen LogP contribution is -2.50. The summed E-state index contributed by atoms with van der Waals surface area (Å²) in [7, 11) is 0. The zero-order valence-corrected chi connectivity index (χ0v) is 10.0. The molecule has 2 atom stereocenters. The quantitative estimate of drug-likeness (QED) is 0.583. The fourth-order valence-electron chi connectivity index (χ4n) is 1.61. The Hall–Kier alpha value is -0.650. The molecule has 0 aromatic heterocycles. The lowest BCUT2D eigenvalue weighted by molar-refractivity contribution is -0.124. The summed E-state index contributed by atoms with van der Waals surface area (Å²) in [4.78, 5) is 11.4. The van der Waals surface area contributed by atoms with Gasteiger partial charge in [-0.15, -0.1) is 0 Å². The smallest absolute Gasteiger partial charge is 0.237 e. The molecule has 0 aromatic carbocycles. The van der Waals surface area contributed by atoms with Gasteiger partial charge in [-0.25, -0.2) is 0 Å². The normalized spacial score (nSPS) is 23.2. The number of rotatable bonds is 6. The van der Waals surface area contributed by atoms with E-state index in [0.29, 0.717) is 13.2 Å². The second-order valence-electron chi connectivity index (χ2n) is 4.43. The molecule has 1 fully saturated rings. The molecule has 0 bridgehead atoms. The summed E-state index contributed by atoms with van der Waals surface area (Å²) in [5, 5.41) is 15.4. The van der Waals surface area contributed by atoms with Crippen LogP contribution < -0.4 is 10.6 Å². The Morgan fingerprint density at radius 3 is 3.00 bits per heavy atom. The van der Waals surface area contributed by atoms with Gasteiger partial charge >= 0.3 is 0 Å². The van der Waals surface area contributed by atoms with Gasteiger partial charge in [-0.1, -0.05) is 0 Å². The number of carbonyl (C=O) groups excluding carboxylic acids is 1. The average molecular weight is 230 g/mol. The Balaban J connectivity index is 2.15. The highest BCUT2D eigenvalue weighted by Crippen LogP contribution is 2.02. The van der Waals surface area contributed by atoms with Gasteiger partial charge in [0, 0.05) is 13.1 Å². The van der Waals surface area contributed by atoms with Gasteiger partial charge in [0.15, 0.2) is 0 Å². The number of aliphatic hydroxyl groups is 1. The molecule has 0 radical (unpaired) electrons. The van der Waals surface area contributed by atoms with Gasteiger partial charge in [0.25, 0.3) is 0 Å². The van der Waals surface area contributed by atoms with Crippen molar-refractivity contribution in [2.75, 3.05) is 19.7 Å². The summed E-state index contributed by atoms with van der Waals surface area (Å²) in [5.74, 6) is 0.0308. The Morgan fingerprint density at radius 1 is 1.62 bits per heavy atom. The number of piperidine rings is 1. The molecular formula is C11H22N2O3. The van der Waals surface area contributed by atoms with Crippen LogP contribution in [0.1, 0.15) is 26.7 Å². The van der Waals surface area contributed by atoms with Crippen molar-refractivity contribution in [2.45, 2.75) is 44.9 Å². The van der Waals surface area contributed by atoms with Crippen molar-refractivity contribution in [1.29, 1.82) is 0 Å². The van der Waals surface area contributed by atoms with E-state index in [-0.39, 0.29) is 18.1 Å². The minimum atomic E-state index is -0.558. The van der Waals surface area contributed by atoms with E-state index in [0.717, 1.165) is 19.4 Å². The third-order valence-electron chi connectivity index (χ3n) is 2.51. The Morgan fingerprint density at radius 2 is 2.38 bits per heavy atom. The monoisotopic (exact) mass is 230 g/mol. The summed E-state index contributed by atoms with van der Waals surface area (Å²) >= 11 is 0. The molecule has 3 N–H and O–H groups in total. The van der Waals surface area contributed by atoms with E-state index in [4.69, 9.17) is 4.74 Å². The average Bonchev–Trinajstić information content (AvgIpc) is 2.25. The molecule has 0 spiro atoms. The molecule has 0 aliphatic carbocycles. The van der Waals surface area contributed by atoms with Crippen LogP contribution >= 0.6 is 0 Å². The van der Waals surface area contributed by atoms with E-state index in [2.05, 4.69) is 10.6 Å². The topological polar surface area (TPSA) is 70.6 Å². The minimum Gasteiger partial charge on any atom is -0.389 e. The Bertz CT molecular complexity index is 221. The second kappa shape index (κ2) is 6.83. The first-order valence-corrected chi connectivity index (χ1v) is 5.90. The molecule has 0 aromatic rings. The first-order valence-electron chi connectivity index (χ1n) is 5.90. The third-order valence-corrected chi connectivity index (χ3v) is 2.51. The molecule has 1 heterocycles. The van der Waals surface area contributed by atoms with Crippen LogP contribution in [0.2, 0.25) is 0 Å². The predicted octanol–water partition coefficient (Wildman–Crippen LogP) is -0.359. The molecule has 0 saturated carbocycles. The van der Waals surface area contributed by atoms with Crippen LogP contribution in [0.25, 0.3) is 0 Å². The summed E-state index contributed by atoms with van der Waals surface area (Å²) in [5.41, 5.74) is 0. The summed E-state index contributed by atoms with van der Waals surface area (Å²) < 4.78 is 5.28. The first kappa shape index (κ1) is 13.4.